The number of methoxy groups -OCH3 is 2. The summed E-state index contributed by atoms with van der Waals surface area (Å²) in [4.78, 5) is 106. The summed E-state index contributed by atoms with van der Waals surface area (Å²) in [7, 11) is 3.20. The van der Waals surface area contributed by atoms with Crippen LogP contribution in [0.1, 0.15) is 45.6 Å². The summed E-state index contributed by atoms with van der Waals surface area (Å²) in [5.74, 6) is 5.69. The third kappa shape index (κ3) is 24.7. The van der Waals surface area contributed by atoms with Crippen molar-refractivity contribution in [2.24, 2.45) is 0 Å². The van der Waals surface area contributed by atoms with Crippen molar-refractivity contribution in [3.8, 4) is 79.4 Å². The molecule has 0 bridgehead atoms. The van der Waals surface area contributed by atoms with E-state index in [0.29, 0.717) is 141 Å². The lowest BCUT2D eigenvalue weighted by atomic mass is 10.1. The van der Waals surface area contributed by atoms with E-state index in [9.17, 15) is 36.7 Å². The van der Waals surface area contributed by atoms with Crippen LogP contribution in [0.25, 0.3) is 67.8 Å². The van der Waals surface area contributed by atoms with Crippen LogP contribution in [0.3, 0.4) is 0 Å². The van der Waals surface area contributed by atoms with Crippen molar-refractivity contribution in [3.63, 3.8) is 0 Å². The van der Waals surface area contributed by atoms with Crippen molar-refractivity contribution in [3.05, 3.63) is 357 Å². The molecule has 0 atom stereocenters. The topological polar surface area (TPSA) is 261 Å². The number of rotatable bonds is 22. The second-order valence-corrected chi connectivity index (χ2v) is 36.5. The first-order chi connectivity index (χ1) is 69.8. The summed E-state index contributed by atoms with van der Waals surface area (Å²) in [6, 6.07) is 62.7. The highest BCUT2D eigenvalue weighted by Gasteiger charge is 2.31. The van der Waals surface area contributed by atoms with E-state index in [-0.39, 0.29) is 72.6 Å². The molecule has 0 unspecified atom stereocenters. The minimum atomic E-state index is -0.325. The van der Waals surface area contributed by atoms with Crippen molar-refractivity contribution in [1.29, 1.82) is 0 Å². The first-order valence-electron chi connectivity index (χ1n) is 46.9. The Hall–Kier alpha value is -15.4. The molecule has 0 aliphatic carbocycles. The summed E-state index contributed by atoms with van der Waals surface area (Å²) in [5.41, 5.74) is 13.2. The minimum absolute atomic E-state index is 0.00315. The highest BCUT2D eigenvalue weighted by atomic mass is 35.5. The number of hydrogen-bond acceptors (Lipinski definition) is 20. The van der Waals surface area contributed by atoms with E-state index in [4.69, 9.17) is 75.8 Å². The number of ether oxygens (including phenoxy) is 2. The number of anilines is 4. The quantitative estimate of drug-likeness (QED) is 0.0571. The fraction of sp³-hybridized carbons (Fsp3) is 0.241. The van der Waals surface area contributed by atoms with Crippen LogP contribution >= 0.6 is 46.4 Å². The van der Waals surface area contributed by atoms with Gasteiger partial charge in [0, 0.05) is 225 Å². The van der Waals surface area contributed by atoms with Crippen LogP contribution in [-0.2, 0) is 44.9 Å². The van der Waals surface area contributed by atoms with E-state index in [2.05, 4.69) is 49.7 Å². The average molecular weight is 2020 g/mol. The monoisotopic (exact) mass is 2020 g/mol. The van der Waals surface area contributed by atoms with Gasteiger partial charge in [0.15, 0.2) is 5.82 Å². The molecule has 4 fully saturated rings. The first kappa shape index (κ1) is 100. The minimum Gasteiger partial charge on any atom is -0.497 e. The van der Waals surface area contributed by atoms with Gasteiger partial charge in [0.2, 0.25) is 29.5 Å². The van der Waals surface area contributed by atoms with Crippen molar-refractivity contribution in [2.75, 3.05) is 139 Å². The van der Waals surface area contributed by atoms with E-state index >= 15 is 0 Å². The Morgan fingerprint density at radius 3 is 0.903 bits per heavy atom. The Morgan fingerprint density at radius 1 is 0.306 bits per heavy atom. The normalized spacial score (nSPS) is 13.7. The number of halogens is 8. The lowest BCUT2D eigenvalue weighted by molar-refractivity contribution is -0.131. The van der Waals surface area contributed by atoms with Crippen molar-refractivity contribution in [2.45, 2.75) is 53.4 Å². The number of aromatic nitrogens is 14. The lowest BCUT2D eigenvalue weighted by Gasteiger charge is -2.35. The van der Waals surface area contributed by atoms with Gasteiger partial charge in [-0.25, -0.2) is 57.4 Å². The molecule has 736 valence electrons. The maximum absolute atomic E-state index is 13.6. The van der Waals surface area contributed by atoms with Crippen LogP contribution in [0.2, 0.25) is 20.1 Å². The molecule has 4 aliphatic rings. The Bertz CT molecular complexity index is 6770. The predicted molar refractivity (Wildman–Crippen MR) is 550 cm³/mol. The smallest absolute Gasteiger partial charge is 0.230 e. The first-order valence-corrected chi connectivity index (χ1v) is 48.4. The number of benzene rings is 8. The van der Waals surface area contributed by atoms with Gasteiger partial charge in [-0.05, 0) is 226 Å². The molecule has 0 N–H and O–H groups in total. The van der Waals surface area contributed by atoms with E-state index in [1.165, 1.54) is 54.9 Å². The molecule has 0 saturated carbocycles. The Labute approximate surface area is 850 Å². The number of piperazine rings is 4. The number of imidazole rings is 4. The Balaban J connectivity index is 0.000000132. The summed E-state index contributed by atoms with van der Waals surface area (Å²) in [6.45, 7) is 17.9. The van der Waals surface area contributed by atoms with Crippen LogP contribution in [-0.4, -0.2) is 231 Å². The highest BCUT2D eigenvalue weighted by molar-refractivity contribution is 6.32. The molecule has 0 spiro atoms. The number of carbonyl (C=O) groups excluding carboxylic acids is 4. The average Bonchev–Trinajstić information content (AvgIpc) is 1.65. The van der Waals surface area contributed by atoms with Gasteiger partial charge in [0.25, 0.3) is 0 Å². The van der Waals surface area contributed by atoms with E-state index in [0.717, 1.165) is 132 Å². The second kappa shape index (κ2) is 46.1. The molecule has 12 heterocycles. The lowest BCUT2D eigenvalue weighted by Crippen LogP contribution is -2.49. The molecule has 0 radical (unpaired) electrons. The van der Waals surface area contributed by atoms with E-state index in [1.807, 2.05) is 206 Å². The number of hydrogen-bond donors (Lipinski definition) is 0. The van der Waals surface area contributed by atoms with Crippen LogP contribution in [0.5, 0.6) is 11.6 Å². The summed E-state index contributed by atoms with van der Waals surface area (Å²) in [6.07, 6.45) is 14.7. The summed E-state index contributed by atoms with van der Waals surface area (Å²) in [5, 5.41) is 10.8. The van der Waals surface area contributed by atoms with Gasteiger partial charge in [-0.3, -0.25) is 19.2 Å². The van der Waals surface area contributed by atoms with Crippen LogP contribution in [0.4, 0.5) is 40.8 Å². The Kier molecular flexibility index (Phi) is 32.1. The highest BCUT2D eigenvalue weighted by Crippen LogP contribution is 2.35. The van der Waals surface area contributed by atoms with Gasteiger partial charge in [-0.1, -0.05) is 76.7 Å². The number of nitrogens with zero attached hydrogens (tertiary/aromatic N) is 22. The van der Waals surface area contributed by atoms with Gasteiger partial charge in [0.05, 0.1) is 62.7 Å². The maximum Gasteiger partial charge on any atom is 0.230 e. The fourth-order valence-corrected chi connectivity index (χ4v) is 17.8. The fourth-order valence-electron chi connectivity index (χ4n) is 17.3. The van der Waals surface area contributed by atoms with Gasteiger partial charge in [-0.2, -0.15) is 5.10 Å². The standard InChI is InChI=1S/C28H27ClFN5O2.C27H26ClFN6O2.C27H25ClFN5O.C26H24ClFN6O/c1-19-15-20(3-8-24(19)29)25-18-35(22-6-4-21(30)5-7-22)27(32-25)17-28(36)34-13-11-33(12-14-34)26-16-23(37-2)9-10-31-26;1-18-13-19(3-8-22(18)28)23-16-35(21-6-4-20(29)5-7-21)25(32-23)15-27(36)34-11-9-33(10-12-34)24-14-26(37-2)31-17-30-24;1-19-16-20(5-10-23(19)28)24-18-34(22-8-6-21(29)7-9-22)26(31-24)17-27(35)33-14-12-32(13-15-33)25-4-2-3-11-30-25;1-18-15-19(4-9-22(18)27)23-17-34(21-7-5-20(28)6-8-21)25(30-23)16-26(35)33-13-11-32(12-14-33)24-3-2-10-29-31-24/h3-10,15-16,18H,11-14,17H2,1-2H3;3-8,13-14,16-17H,9-12,15H2,1-2H3;2-11,16,18H,12-15,17H2,1H3;2-10,15,17H,11-14,16H2,1H3. The molecular formula is C108H102Cl4F4N22O6. The molecule has 28 nitrogen and oxygen atoms in total. The second-order valence-electron chi connectivity index (χ2n) is 34.8. The molecule has 36 heteroatoms. The number of pyridine rings is 2. The molecule has 4 saturated heterocycles. The third-order valence-electron chi connectivity index (χ3n) is 25.4. The predicted octanol–water partition coefficient (Wildman–Crippen LogP) is 18.5. The van der Waals surface area contributed by atoms with Crippen LogP contribution in [0.15, 0.2) is 268 Å². The third-order valence-corrected chi connectivity index (χ3v) is 27.1. The molecule has 20 rings (SSSR count). The Morgan fingerprint density at radius 2 is 0.611 bits per heavy atom. The van der Waals surface area contributed by atoms with E-state index in [1.54, 1.807) is 87.4 Å². The molecule has 8 aromatic carbocycles. The molecule has 8 aromatic heterocycles. The molecular weight excluding hydrogens is 1920 g/mol. The molecule has 16 aromatic rings. The van der Waals surface area contributed by atoms with Crippen molar-refractivity contribution >= 4 is 93.3 Å². The van der Waals surface area contributed by atoms with Gasteiger partial charge < -0.3 is 66.9 Å². The largest absolute Gasteiger partial charge is 0.497 e. The molecule has 4 aliphatic heterocycles. The zero-order valence-electron chi connectivity index (χ0n) is 79.9. The number of carbonyl (C=O) groups is 4. The zero-order chi connectivity index (χ0) is 101. The molecule has 144 heavy (non-hydrogen) atoms. The van der Waals surface area contributed by atoms with Gasteiger partial charge >= 0.3 is 0 Å². The van der Waals surface area contributed by atoms with Crippen LogP contribution in [0, 0.1) is 51.0 Å². The SMILES string of the molecule is COc1cc(N2CCN(C(=O)Cc3nc(-c4ccc(Cl)c(C)c4)cn3-c3ccc(F)cc3)CC2)ncn1.COc1ccnc(N2CCN(C(=O)Cc3nc(-c4ccc(Cl)c(C)c4)cn3-c3ccc(F)cc3)CC2)c1.Cc1cc(-c2cn(-c3ccc(F)cc3)c(CC(=O)N3CCN(c4ccccn4)CC3)n2)ccc1Cl.Cc1cc(-c2cn(-c3ccc(F)cc3)c(CC(=O)N3CCN(c4cccnn4)CC3)n2)ccc1Cl. The molecule has 4 amide bonds. The van der Waals surface area contributed by atoms with E-state index < -0.39 is 0 Å². The van der Waals surface area contributed by atoms with Gasteiger partial charge in [-0.15, -0.1) is 5.10 Å². The summed E-state index contributed by atoms with van der Waals surface area (Å²) >= 11 is 24.8. The zero-order valence-corrected chi connectivity index (χ0v) is 82.9. The number of aryl methyl sites for hydroxylation is 4. The summed E-state index contributed by atoms with van der Waals surface area (Å²) < 4.78 is 72.2. The number of amides is 4. The van der Waals surface area contributed by atoms with Gasteiger partial charge in [0.1, 0.15) is 76.1 Å². The maximum atomic E-state index is 13.6. The van der Waals surface area contributed by atoms with Crippen LogP contribution < -0.4 is 29.1 Å². The van der Waals surface area contributed by atoms with Crippen molar-refractivity contribution in [1.82, 2.24) is 87.9 Å². The van der Waals surface area contributed by atoms with Crippen molar-refractivity contribution < 1.29 is 46.2 Å².